The van der Waals surface area contributed by atoms with E-state index in [1.54, 1.807) is 0 Å². The van der Waals surface area contributed by atoms with Gasteiger partial charge in [-0.15, -0.1) is 0 Å². The van der Waals surface area contributed by atoms with Gasteiger partial charge in [-0.25, -0.2) is 9.78 Å². The number of hydrogen-bond donors (Lipinski definition) is 2. The maximum absolute atomic E-state index is 11.2. The highest BCUT2D eigenvalue weighted by molar-refractivity contribution is 7.60. The van der Waals surface area contributed by atoms with Crippen LogP contribution < -0.4 is 10.2 Å². The number of esters is 1. The highest BCUT2D eigenvalue weighted by atomic mass is 31.2. The Morgan fingerprint density at radius 3 is 2.53 bits per heavy atom. The smallest absolute Gasteiger partial charge is 0.374 e. The molecule has 0 fully saturated rings. The highest BCUT2D eigenvalue weighted by Crippen LogP contribution is 2.34. The molecule has 1 aromatic heterocycles. The predicted molar refractivity (Wildman–Crippen MR) is 67.5 cm³/mol. The van der Waals surface area contributed by atoms with E-state index in [2.05, 4.69) is 9.72 Å². The van der Waals surface area contributed by atoms with Crippen molar-refractivity contribution in [3.05, 3.63) is 17.7 Å². The van der Waals surface area contributed by atoms with Crippen LogP contribution >= 0.6 is 7.60 Å². The lowest BCUT2D eigenvalue weighted by Crippen LogP contribution is -2.17. The molecule has 7 nitrogen and oxygen atoms in total. The fourth-order valence-electron chi connectivity index (χ4n) is 1.26. The number of rotatable bonds is 5. The first-order valence-electron chi connectivity index (χ1n) is 5.51. The van der Waals surface area contributed by atoms with E-state index < -0.39 is 13.6 Å². The first kappa shape index (κ1) is 15.6. The van der Waals surface area contributed by atoms with Gasteiger partial charge in [-0.05, 0) is 17.5 Å². The van der Waals surface area contributed by atoms with Crippen molar-refractivity contribution in [3.63, 3.8) is 0 Å². The maximum atomic E-state index is 11.2. The summed E-state index contributed by atoms with van der Waals surface area (Å²) in [5.74, 6) is -0.585. The van der Waals surface area contributed by atoms with Gasteiger partial charge >= 0.3 is 13.6 Å². The van der Waals surface area contributed by atoms with Gasteiger partial charge in [0.1, 0.15) is 0 Å². The molecule has 1 rings (SSSR count). The zero-order valence-corrected chi connectivity index (χ0v) is 11.8. The molecule has 0 spiro atoms. The Balaban J connectivity index is 3.07. The Bertz CT molecular complexity index is 510. The molecular formula is C11H16NO6P. The number of carbonyl (C=O) groups excluding carboxylic acids is 1. The molecule has 0 saturated carbocycles. The third-order valence-electron chi connectivity index (χ3n) is 2.34. The standard InChI is InChI=1S/C11H16NO6P/c1-7(2)8-4-9(18-6-11(13)17-3)12-10(5-8)19(14,15)16/h4-5,7H,6H2,1-3H3,(H2,14,15,16). The highest BCUT2D eigenvalue weighted by Gasteiger charge is 2.22. The number of carbonyl (C=O) groups is 1. The maximum Gasteiger partial charge on any atom is 0.374 e. The van der Waals surface area contributed by atoms with Gasteiger partial charge in [-0.3, -0.25) is 4.57 Å². The van der Waals surface area contributed by atoms with Crippen LogP contribution in [0.3, 0.4) is 0 Å². The summed E-state index contributed by atoms with van der Waals surface area (Å²) in [6, 6.07) is 2.86. The van der Waals surface area contributed by atoms with Crippen molar-refractivity contribution in [2.45, 2.75) is 19.8 Å². The van der Waals surface area contributed by atoms with Gasteiger partial charge in [0, 0.05) is 6.07 Å². The lowest BCUT2D eigenvalue weighted by molar-refractivity contribution is -0.143. The fourth-order valence-corrected chi connectivity index (χ4v) is 1.81. The van der Waals surface area contributed by atoms with Crippen molar-refractivity contribution < 1.29 is 28.6 Å². The summed E-state index contributed by atoms with van der Waals surface area (Å²) >= 11 is 0. The Morgan fingerprint density at radius 2 is 2.05 bits per heavy atom. The molecule has 0 saturated heterocycles. The summed E-state index contributed by atoms with van der Waals surface area (Å²) in [5, 5.41) is 0. The van der Waals surface area contributed by atoms with Crippen LogP contribution in [0.15, 0.2) is 12.1 Å². The van der Waals surface area contributed by atoms with E-state index in [0.29, 0.717) is 5.56 Å². The first-order valence-corrected chi connectivity index (χ1v) is 7.13. The second-order valence-corrected chi connectivity index (χ2v) is 5.71. The first-order chi connectivity index (χ1) is 8.74. The van der Waals surface area contributed by atoms with Crippen LogP contribution in [0.5, 0.6) is 5.88 Å². The van der Waals surface area contributed by atoms with Crippen LogP contribution in [0.4, 0.5) is 0 Å². The van der Waals surface area contributed by atoms with Crippen LogP contribution in [-0.4, -0.2) is 34.5 Å². The molecule has 0 amide bonds. The summed E-state index contributed by atoms with van der Waals surface area (Å²) in [4.78, 5) is 32.9. The third-order valence-corrected chi connectivity index (χ3v) is 3.17. The molecule has 0 aromatic carbocycles. The van der Waals surface area contributed by atoms with Gasteiger partial charge < -0.3 is 19.3 Å². The fraction of sp³-hybridized carbons (Fsp3) is 0.455. The second kappa shape index (κ2) is 6.14. The lowest BCUT2D eigenvalue weighted by atomic mass is 10.1. The average Bonchev–Trinajstić information content (AvgIpc) is 2.34. The van der Waals surface area contributed by atoms with Crippen molar-refractivity contribution in [1.29, 1.82) is 0 Å². The van der Waals surface area contributed by atoms with Crippen LogP contribution in [0.25, 0.3) is 0 Å². The monoisotopic (exact) mass is 289 g/mol. The summed E-state index contributed by atoms with van der Waals surface area (Å²) in [6.07, 6.45) is 0. The van der Waals surface area contributed by atoms with Crippen molar-refractivity contribution in [1.82, 2.24) is 4.98 Å². The number of aromatic nitrogens is 1. The van der Waals surface area contributed by atoms with Crippen LogP contribution in [-0.2, 0) is 14.1 Å². The molecular weight excluding hydrogens is 273 g/mol. The average molecular weight is 289 g/mol. The minimum Gasteiger partial charge on any atom is -0.466 e. The van der Waals surface area contributed by atoms with E-state index in [1.165, 1.54) is 19.2 Å². The van der Waals surface area contributed by atoms with Crippen LogP contribution in [0.1, 0.15) is 25.3 Å². The van der Waals surface area contributed by atoms with Gasteiger partial charge in [0.2, 0.25) is 5.88 Å². The molecule has 0 unspecified atom stereocenters. The minimum absolute atomic E-state index is 0.0186. The van der Waals surface area contributed by atoms with E-state index in [0.717, 1.165) is 0 Å². The SMILES string of the molecule is COC(=O)COc1cc(C(C)C)cc(P(=O)(O)O)n1. The lowest BCUT2D eigenvalue weighted by Gasteiger charge is -2.12. The molecule has 19 heavy (non-hydrogen) atoms. The van der Waals surface area contributed by atoms with Crippen LogP contribution in [0.2, 0.25) is 0 Å². The van der Waals surface area contributed by atoms with Gasteiger partial charge in [0.25, 0.3) is 0 Å². The molecule has 1 aromatic rings. The van der Waals surface area contributed by atoms with E-state index in [4.69, 9.17) is 14.5 Å². The Morgan fingerprint density at radius 1 is 1.42 bits per heavy atom. The molecule has 0 bridgehead atoms. The molecule has 0 aliphatic carbocycles. The van der Waals surface area contributed by atoms with Gasteiger partial charge in [-0.1, -0.05) is 13.8 Å². The van der Waals surface area contributed by atoms with Gasteiger partial charge in [-0.2, -0.15) is 0 Å². The van der Waals surface area contributed by atoms with E-state index in [-0.39, 0.29) is 23.8 Å². The van der Waals surface area contributed by atoms with Crippen molar-refractivity contribution in [2.75, 3.05) is 13.7 Å². The number of pyridine rings is 1. The zero-order valence-electron chi connectivity index (χ0n) is 10.9. The molecule has 0 atom stereocenters. The van der Waals surface area contributed by atoms with E-state index in [1.807, 2.05) is 13.8 Å². The van der Waals surface area contributed by atoms with E-state index >= 15 is 0 Å². The number of ether oxygens (including phenoxy) is 2. The number of nitrogens with zero attached hydrogens (tertiary/aromatic N) is 1. The Hall–Kier alpha value is -1.43. The Kier molecular flexibility index (Phi) is 5.05. The van der Waals surface area contributed by atoms with Gasteiger partial charge in [0.05, 0.1) is 7.11 Å². The zero-order chi connectivity index (χ0) is 14.6. The van der Waals surface area contributed by atoms with Crippen molar-refractivity contribution in [2.24, 2.45) is 0 Å². The molecule has 0 aliphatic rings. The molecule has 0 aliphatic heterocycles. The third kappa shape index (κ3) is 4.63. The molecule has 8 heteroatoms. The van der Waals surface area contributed by atoms with Crippen molar-refractivity contribution >= 4 is 19.0 Å². The normalized spacial score (nSPS) is 11.5. The topological polar surface area (TPSA) is 106 Å². The number of methoxy groups -OCH3 is 1. The minimum atomic E-state index is -4.47. The summed E-state index contributed by atoms with van der Waals surface area (Å²) in [6.45, 7) is 3.36. The van der Waals surface area contributed by atoms with Gasteiger partial charge in [0.15, 0.2) is 12.0 Å². The number of hydrogen-bond acceptors (Lipinski definition) is 5. The predicted octanol–water partition coefficient (Wildman–Crippen LogP) is 0.560. The Labute approximate surface area is 110 Å². The summed E-state index contributed by atoms with van der Waals surface area (Å²) in [5.41, 5.74) is 0.284. The molecule has 0 radical (unpaired) electrons. The largest absolute Gasteiger partial charge is 0.466 e. The van der Waals surface area contributed by atoms with Crippen LogP contribution in [0, 0.1) is 0 Å². The molecule has 106 valence electrons. The summed E-state index contributed by atoms with van der Waals surface area (Å²) in [7, 11) is -3.26. The summed E-state index contributed by atoms with van der Waals surface area (Å²) < 4.78 is 20.7. The molecule has 2 N–H and O–H groups in total. The second-order valence-electron chi connectivity index (χ2n) is 4.16. The molecule has 1 heterocycles. The van der Waals surface area contributed by atoms with E-state index in [9.17, 15) is 9.36 Å². The quantitative estimate of drug-likeness (QED) is 0.602. The van der Waals surface area contributed by atoms with Crippen molar-refractivity contribution in [3.8, 4) is 5.88 Å².